The zero-order valence-electron chi connectivity index (χ0n) is 14.5. The Morgan fingerprint density at radius 3 is 1.62 bits per heavy atom. The van der Waals surface area contributed by atoms with Gasteiger partial charge >= 0.3 is 0 Å². The van der Waals surface area contributed by atoms with E-state index in [0.29, 0.717) is 0 Å². The molecule has 1 heteroatoms. The third kappa shape index (κ3) is 19.7. The van der Waals surface area contributed by atoms with E-state index in [2.05, 4.69) is 26.0 Å². The third-order valence-electron chi connectivity index (χ3n) is 4.05. The molecule has 0 bridgehead atoms. The van der Waals surface area contributed by atoms with Gasteiger partial charge in [0.1, 0.15) is 0 Å². The van der Waals surface area contributed by atoms with Crippen molar-refractivity contribution >= 4 is 0 Å². The van der Waals surface area contributed by atoms with Gasteiger partial charge in [-0.1, -0.05) is 83.3 Å². The molecule has 0 spiro atoms. The van der Waals surface area contributed by atoms with Gasteiger partial charge in [0, 0.05) is 0 Å². The molecule has 0 heterocycles. The van der Waals surface area contributed by atoms with E-state index in [-0.39, 0.29) is 6.10 Å². The van der Waals surface area contributed by atoms with Gasteiger partial charge in [-0.2, -0.15) is 0 Å². The van der Waals surface area contributed by atoms with Crippen molar-refractivity contribution in [2.24, 2.45) is 0 Å². The first kappa shape index (κ1) is 20.7. The Hall–Kier alpha value is -0.300. The van der Waals surface area contributed by atoms with Gasteiger partial charge < -0.3 is 5.11 Å². The Balaban J connectivity index is 3.05. The van der Waals surface area contributed by atoms with Gasteiger partial charge in [-0.3, -0.25) is 0 Å². The first-order valence-electron chi connectivity index (χ1n) is 9.43. The zero-order valence-corrected chi connectivity index (χ0v) is 14.5. The molecule has 0 aromatic heterocycles. The smallest absolute Gasteiger partial charge is 0.0541 e. The van der Waals surface area contributed by atoms with Gasteiger partial charge in [0.15, 0.2) is 0 Å². The summed E-state index contributed by atoms with van der Waals surface area (Å²) in [5.41, 5.74) is 0. The Morgan fingerprint density at radius 1 is 0.714 bits per heavy atom. The molecule has 1 radical (unpaired) electrons. The Bertz CT molecular complexity index is 208. The summed E-state index contributed by atoms with van der Waals surface area (Å²) in [6, 6.07) is 0. The quantitative estimate of drug-likeness (QED) is 0.251. The minimum Gasteiger partial charge on any atom is -0.393 e. The lowest BCUT2D eigenvalue weighted by Gasteiger charge is -2.03. The van der Waals surface area contributed by atoms with E-state index < -0.39 is 0 Å². The molecule has 125 valence electrons. The van der Waals surface area contributed by atoms with Crippen molar-refractivity contribution in [2.75, 3.05) is 0 Å². The summed E-state index contributed by atoms with van der Waals surface area (Å²) in [5.74, 6) is 0. The predicted molar refractivity (Wildman–Crippen MR) is 95.4 cm³/mol. The van der Waals surface area contributed by atoms with Crippen LogP contribution in [-0.2, 0) is 0 Å². The van der Waals surface area contributed by atoms with Crippen LogP contribution < -0.4 is 0 Å². The molecule has 21 heavy (non-hydrogen) atoms. The van der Waals surface area contributed by atoms with Crippen LogP contribution >= 0.6 is 0 Å². The van der Waals surface area contributed by atoms with E-state index in [0.717, 1.165) is 12.8 Å². The van der Waals surface area contributed by atoms with Crippen LogP contribution in [0.5, 0.6) is 0 Å². The highest BCUT2D eigenvalue weighted by Gasteiger charge is 1.95. The third-order valence-corrected chi connectivity index (χ3v) is 4.05. The fourth-order valence-corrected chi connectivity index (χ4v) is 2.63. The molecular formula is C20H39O. The number of hydrogen-bond donors (Lipinski definition) is 1. The lowest BCUT2D eigenvalue weighted by atomic mass is 10.1. The minimum absolute atomic E-state index is 0.359. The van der Waals surface area contributed by atoms with Gasteiger partial charge in [0.05, 0.1) is 6.10 Å². The van der Waals surface area contributed by atoms with Gasteiger partial charge in [-0.15, -0.1) is 0 Å². The minimum atomic E-state index is -0.359. The van der Waals surface area contributed by atoms with E-state index >= 15 is 0 Å². The first-order valence-corrected chi connectivity index (χ1v) is 9.43. The first-order chi connectivity index (χ1) is 10.3. The largest absolute Gasteiger partial charge is 0.393 e. The van der Waals surface area contributed by atoms with Gasteiger partial charge in [0.2, 0.25) is 0 Å². The van der Waals surface area contributed by atoms with Crippen molar-refractivity contribution in [3.05, 3.63) is 19.1 Å². The van der Waals surface area contributed by atoms with Crippen LogP contribution in [0, 0.1) is 6.92 Å². The van der Waals surface area contributed by atoms with Crippen LogP contribution in [0.2, 0.25) is 0 Å². The van der Waals surface area contributed by atoms with Gasteiger partial charge in [-0.05, 0) is 39.0 Å². The second-order valence-electron chi connectivity index (χ2n) is 6.38. The summed E-state index contributed by atoms with van der Waals surface area (Å²) in [7, 11) is 0. The molecule has 0 saturated heterocycles. The van der Waals surface area contributed by atoms with E-state index in [9.17, 15) is 0 Å². The molecule has 1 unspecified atom stereocenters. The molecule has 1 atom stereocenters. The molecule has 1 N–H and O–H groups in total. The van der Waals surface area contributed by atoms with E-state index in [1.54, 1.807) is 0 Å². The highest BCUT2D eigenvalue weighted by Crippen LogP contribution is 2.11. The molecule has 0 rings (SSSR count). The topological polar surface area (TPSA) is 20.2 Å². The van der Waals surface area contributed by atoms with Crippen molar-refractivity contribution in [1.82, 2.24) is 0 Å². The van der Waals surface area contributed by atoms with Crippen LogP contribution in [0.1, 0.15) is 103 Å². The number of unbranched alkanes of at least 4 members (excludes halogenated alkanes) is 12. The molecule has 0 aromatic rings. The van der Waals surface area contributed by atoms with Crippen molar-refractivity contribution < 1.29 is 5.11 Å². The number of hydrogen-bond acceptors (Lipinski definition) is 1. The number of rotatable bonds is 16. The summed E-state index contributed by atoms with van der Waals surface area (Å²) in [6.07, 6.45) is 23.9. The van der Waals surface area contributed by atoms with Crippen LogP contribution in [0.4, 0.5) is 0 Å². The second kappa shape index (κ2) is 17.8. The summed E-state index contributed by atoms with van der Waals surface area (Å²) in [5, 5.41) is 9.05. The standard InChI is InChI=1S/C20H39O/c1-3-4-5-6-7-8-9-10-11-12-13-14-15-16-17-18-19-20(2)21/h10-11,20-21H,2-9,12-19H2,1H3/b11-10-. The average molecular weight is 296 g/mol. The maximum Gasteiger partial charge on any atom is 0.0541 e. The molecule has 0 aliphatic rings. The number of aliphatic hydroxyl groups is 1. The Morgan fingerprint density at radius 2 is 1.14 bits per heavy atom. The monoisotopic (exact) mass is 295 g/mol. The zero-order chi connectivity index (χ0) is 15.6. The summed E-state index contributed by atoms with van der Waals surface area (Å²) >= 11 is 0. The van der Waals surface area contributed by atoms with Crippen LogP contribution in [0.25, 0.3) is 0 Å². The van der Waals surface area contributed by atoms with Crippen LogP contribution in [-0.4, -0.2) is 11.2 Å². The van der Waals surface area contributed by atoms with E-state index in [1.165, 1.54) is 83.5 Å². The lowest BCUT2D eigenvalue weighted by molar-refractivity contribution is 0.205. The fraction of sp³-hybridized carbons (Fsp3) is 0.850. The fourth-order valence-electron chi connectivity index (χ4n) is 2.63. The molecule has 0 fully saturated rings. The van der Waals surface area contributed by atoms with Crippen LogP contribution in [0.3, 0.4) is 0 Å². The molecule has 1 nitrogen and oxygen atoms in total. The molecule has 0 saturated carbocycles. The Labute approximate surface area is 134 Å². The highest BCUT2D eigenvalue weighted by atomic mass is 16.3. The van der Waals surface area contributed by atoms with Crippen molar-refractivity contribution in [3.63, 3.8) is 0 Å². The van der Waals surface area contributed by atoms with Crippen molar-refractivity contribution in [3.8, 4) is 0 Å². The average Bonchev–Trinajstić information content (AvgIpc) is 2.46. The van der Waals surface area contributed by atoms with Gasteiger partial charge in [-0.25, -0.2) is 0 Å². The maximum atomic E-state index is 9.05. The Kier molecular flexibility index (Phi) is 17.5. The SMILES string of the molecule is [CH2]C(O)CCCCCCCC/C=C\CCCCCCCC. The maximum absolute atomic E-state index is 9.05. The molecule has 0 amide bonds. The van der Waals surface area contributed by atoms with Crippen molar-refractivity contribution in [1.29, 1.82) is 0 Å². The summed E-state index contributed by atoms with van der Waals surface area (Å²) in [4.78, 5) is 0. The predicted octanol–water partition coefficient (Wildman–Crippen LogP) is 6.61. The molecule has 0 aromatic carbocycles. The van der Waals surface area contributed by atoms with Gasteiger partial charge in [0.25, 0.3) is 0 Å². The number of aliphatic hydroxyl groups excluding tert-OH is 1. The van der Waals surface area contributed by atoms with Crippen molar-refractivity contribution in [2.45, 2.75) is 109 Å². The van der Waals surface area contributed by atoms with Crippen LogP contribution in [0.15, 0.2) is 12.2 Å². The molecular weight excluding hydrogens is 256 g/mol. The molecule has 0 aliphatic heterocycles. The number of allylic oxidation sites excluding steroid dienone is 2. The normalized spacial score (nSPS) is 13.1. The lowest BCUT2D eigenvalue weighted by Crippen LogP contribution is -1.98. The summed E-state index contributed by atoms with van der Waals surface area (Å²) in [6.45, 7) is 5.87. The second-order valence-corrected chi connectivity index (χ2v) is 6.38. The van der Waals surface area contributed by atoms with E-state index in [4.69, 9.17) is 5.11 Å². The van der Waals surface area contributed by atoms with E-state index in [1.807, 2.05) is 0 Å². The summed E-state index contributed by atoms with van der Waals surface area (Å²) < 4.78 is 0. The highest BCUT2D eigenvalue weighted by molar-refractivity contribution is 4.81. The molecule has 0 aliphatic carbocycles.